The Bertz CT molecular complexity index is 1050. The van der Waals surface area contributed by atoms with E-state index in [1.165, 1.54) is 0 Å². The van der Waals surface area contributed by atoms with E-state index in [-0.39, 0.29) is 0 Å². The van der Waals surface area contributed by atoms with Gasteiger partial charge in [0.25, 0.3) is 12.5 Å². The van der Waals surface area contributed by atoms with E-state index in [2.05, 4.69) is 16.0 Å². The fourth-order valence-electron chi connectivity index (χ4n) is 3.14. The highest BCUT2D eigenvalue weighted by Gasteiger charge is 2.25. The topological polar surface area (TPSA) is 90.8 Å². The van der Waals surface area contributed by atoms with Gasteiger partial charge >= 0.3 is 0 Å². The van der Waals surface area contributed by atoms with E-state index in [1.54, 1.807) is 24.6 Å². The number of nitrogens with zero attached hydrogens (tertiary/aromatic N) is 4. The van der Waals surface area contributed by atoms with Gasteiger partial charge in [0.1, 0.15) is 11.4 Å². The number of benzene rings is 2. The number of hydrogen-bond acceptors (Lipinski definition) is 6. The lowest BCUT2D eigenvalue weighted by Crippen LogP contribution is -2.20. The molecule has 6 heteroatoms. The molecule has 0 amide bonds. The third-order valence-corrected chi connectivity index (χ3v) is 4.71. The van der Waals surface area contributed by atoms with Crippen molar-refractivity contribution in [3.8, 4) is 18.3 Å². The zero-order valence-corrected chi connectivity index (χ0v) is 17.6. The minimum absolute atomic E-state index is 0.469. The van der Waals surface area contributed by atoms with E-state index in [0.29, 0.717) is 11.4 Å². The number of hydrogen-bond donors (Lipinski definition) is 0. The van der Waals surface area contributed by atoms with Crippen LogP contribution in [0.25, 0.3) is 0 Å². The molecular weight excluding hydrogens is 364 g/mol. The molecule has 0 radical (unpaired) electrons. The number of rotatable bonds is 6. The Morgan fingerprint density at radius 1 is 0.862 bits per heavy atom. The molecular formula is C23H24N4O2. The molecule has 29 heavy (non-hydrogen) atoms. The lowest BCUT2D eigenvalue weighted by atomic mass is 9.91. The predicted molar refractivity (Wildman–Crippen MR) is 111 cm³/mol. The molecule has 0 N–H and O–H groups in total. The maximum Gasteiger partial charge on any atom is 0.292 e. The molecule has 0 fully saturated rings. The molecule has 0 aliphatic heterocycles. The van der Waals surface area contributed by atoms with Gasteiger partial charge in [-0.1, -0.05) is 12.1 Å². The Morgan fingerprint density at radius 3 is 2.17 bits per heavy atom. The van der Waals surface area contributed by atoms with Crippen molar-refractivity contribution < 1.29 is 9.47 Å². The van der Waals surface area contributed by atoms with Crippen molar-refractivity contribution in [3.63, 3.8) is 0 Å². The van der Waals surface area contributed by atoms with E-state index in [9.17, 15) is 0 Å². The molecule has 6 nitrogen and oxygen atoms in total. The highest BCUT2D eigenvalue weighted by molar-refractivity contribution is 5.56. The second kappa shape index (κ2) is 8.61. The van der Waals surface area contributed by atoms with Crippen molar-refractivity contribution in [2.75, 3.05) is 0 Å². The van der Waals surface area contributed by atoms with Gasteiger partial charge in [0.15, 0.2) is 0 Å². The van der Waals surface area contributed by atoms with Gasteiger partial charge in [0.05, 0.1) is 17.2 Å². The van der Waals surface area contributed by atoms with Gasteiger partial charge in [0.2, 0.25) is 0 Å². The van der Waals surface area contributed by atoms with Crippen LogP contribution in [0, 0.1) is 36.9 Å². The molecule has 0 unspecified atom stereocenters. The largest absolute Gasteiger partial charge is 0.417 e. The number of aryl methyl sites for hydroxylation is 2. The average molecular weight is 388 g/mol. The molecule has 148 valence electrons. The highest BCUT2D eigenvalue weighted by Crippen LogP contribution is 2.32. The van der Waals surface area contributed by atoms with E-state index in [1.807, 2.05) is 65.8 Å². The van der Waals surface area contributed by atoms with Crippen molar-refractivity contribution in [1.82, 2.24) is 0 Å². The summed E-state index contributed by atoms with van der Waals surface area (Å²) < 4.78 is 10.1. The molecule has 0 spiro atoms. The van der Waals surface area contributed by atoms with Gasteiger partial charge < -0.3 is 9.47 Å². The van der Waals surface area contributed by atoms with Crippen LogP contribution >= 0.6 is 0 Å². The Labute approximate surface area is 171 Å². The summed E-state index contributed by atoms with van der Waals surface area (Å²) in [5.41, 5.74) is 3.13. The normalized spacial score (nSPS) is 10.9. The third-order valence-electron chi connectivity index (χ3n) is 4.71. The highest BCUT2D eigenvalue weighted by atomic mass is 16.5. The summed E-state index contributed by atoms with van der Waals surface area (Å²) in [5, 5.41) is 17.6. The number of ether oxygens (including phenoxy) is 2. The van der Waals surface area contributed by atoms with Crippen molar-refractivity contribution in [2.45, 2.75) is 52.7 Å². The second-order valence-electron chi connectivity index (χ2n) is 7.76. The monoisotopic (exact) mass is 388 g/mol. The zero-order chi connectivity index (χ0) is 21.7. The minimum Gasteiger partial charge on any atom is -0.417 e. The lowest BCUT2D eigenvalue weighted by Gasteiger charge is -2.23. The van der Waals surface area contributed by atoms with Crippen LogP contribution in [0.3, 0.4) is 0 Å². The summed E-state index contributed by atoms with van der Waals surface area (Å²) in [7, 11) is 0. The Balaban J connectivity index is 2.38. The molecule has 0 aliphatic rings. The van der Waals surface area contributed by atoms with Crippen LogP contribution in [0.4, 0.5) is 5.69 Å². The molecule has 2 aromatic rings. The maximum atomic E-state index is 8.89. The van der Waals surface area contributed by atoms with Crippen LogP contribution in [0.5, 0.6) is 5.75 Å². The molecule has 0 bridgehead atoms. The van der Waals surface area contributed by atoms with Crippen LogP contribution in [-0.2, 0) is 15.9 Å². The first kappa shape index (κ1) is 21.7. The van der Waals surface area contributed by atoms with Crippen LogP contribution in [-0.4, -0.2) is 6.01 Å². The van der Waals surface area contributed by atoms with Crippen molar-refractivity contribution in [1.29, 1.82) is 10.5 Å². The first-order chi connectivity index (χ1) is 13.6. The van der Waals surface area contributed by atoms with Crippen LogP contribution < -0.4 is 4.74 Å². The molecule has 2 rings (SSSR count). The second-order valence-corrected chi connectivity index (χ2v) is 7.76. The summed E-state index contributed by atoms with van der Waals surface area (Å²) in [5.74, 6) is 0.469. The van der Waals surface area contributed by atoms with Gasteiger partial charge in [-0.3, -0.25) is 0 Å². The summed E-state index contributed by atoms with van der Waals surface area (Å²) >= 11 is 0. The predicted octanol–water partition coefficient (Wildman–Crippen LogP) is 5.64. The first-order valence-electron chi connectivity index (χ1n) is 9.13. The standard InChI is InChI=1S/C23H24N4O2/c1-16-8-10-19(28-13-24)12-20(16)22(3,4)27-15-26-18-9-7-17(2)21(11-18)23(5,6)29-14-25/h7-12H,1-6H3. The van der Waals surface area contributed by atoms with Gasteiger partial charge in [-0.2, -0.15) is 10.3 Å². The van der Waals surface area contributed by atoms with Gasteiger partial charge in [-0.25, -0.2) is 4.99 Å². The maximum absolute atomic E-state index is 8.89. The molecule has 0 aromatic heterocycles. The fraction of sp³-hybridized carbons (Fsp3) is 0.348. The number of aliphatic imine (C=N–C) groups is 2. The first-order valence-corrected chi connectivity index (χ1v) is 9.13. The summed E-state index contributed by atoms with van der Waals surface area (Å²) in [6, 6.07) is 13.9. The third kappa shape index (κ3) is 5.23. The Hall–Kier alpha value is -3.60. The quantitative estimate of drug-likeness (QED) is 0.473. The number of nitriles is 2. The molecule has 0 saturated heterocycles. The summed E-state index contributed by atoms with van der Waals surface area (Å²) in [6.07, 6.45) is 3.44. The molecule has 0 atom stereocenters. The zero-order valence-electron chi connectivity index (χ0n) is 17.6. The Kier molecular flexibility index (Phi) is 6.44. The van der Waals surface area contributed by atoms with Gasteiger partial charge in [0, 0.05) is 5.56 Å². The molecule has 0 heterocycles. The fourth-order valence-corrected chi connectivity index (χ4v) is 3.14. The summed E-state index contributed by atoms with van der Waals surface area (Å²) in [6.45, 7) is 11.5. The SMILES string of the molecule is Cc1ccc(OC#N)cc1C(C)(C)N=C=Nc1ccc(C)c(C(C)(C)OC#N)c1. The summed E-state index contributed by atoms with van der Waals surface area (Å²) in [4.78, 5) is 8.84. The van der Waals surface area contributed by atoms with Crippen molar-refractivity contribution >= 4 is 11.7 Å². The van der Waals surface area contributed by atoms with E-state index < -0.39 is 11.1 Å². The minimum atomic E-state index is -0.751. The van der Waals surface area contributed by atoms with Crippen LogP contribution in [0.2, 0.25) is 0 Å². The van der Waals surface area contributed by atoms with Crippen LogP contribution in [0.1, 0.15) is 49.9 Å². The smallest absolute Gasteiger partial charge is 0.292 e. The molecule has 2 aromatic carbocycles. The Morgan fingerprint density at radius 2 is 1.52 bits per heavy atom. The molecule has 0 saturated carbocycles. The van der Waals surface area contributed by atoms with E-state index in [0.717, 1.165) is 22.3 Å². The van der Waals surface area contributed by atoms with Gasteiger partial charge in [-0.05, 0) is 82.5 Å². The molecule has 0 aliphatic carbocycles. The average Bonchev–Trinajstić information content (AvgIpc) is 2.64. The van der Waals surface area contributed by atoms with Crippen LogP contribution in [0.15, 0.2) is 46.4 Å². The van der Waals surface area contributed by atoms with E-state index >= 15 is 0 Å². The van der Waals surface area contributed by atoms with Crippen molar-refractivity contribution in [3.05, 3.63) is 58.7 Å². The van der Waals surface area contributed by atoms with Crippen molar-refractivity contribution in [2.24, 2.45) is 9.98 Å². The lowest BCUT2D eigenvalue weighted by molar-refractivity contribution is 0.0696. The van der Waals surface area contributed by atoms with E-state index in [4.69, 9.17) is 20.0 Å². The van der Waals surface area contributed by atoms with Gasteiger partial charge in [-0.15, -0.1) is 5.26 Å².